The highest BCUT2D eigenvalue weighted by Crippen LogP contribution is 2.08. The molecule has 0 aliphatic rings. The first-order valence-corrected chi connectivity index (χ1v) is 5.52. The van der Waals surface area contributed by atoms with Crippen LogP contribution in [0.15, 0.2) is 61.3 Å². The maximum absolute atomic E-state index is 4.18. The lowest BCUT2D eigenvalue weighted by atomic mass is 10.1. The summed E-state index contributed by atoms with van der Waals surface area (Å²) >= 11 is 0. The fourth-order valence-electron chi connectivity index (χ4n) is 1.54. The van der Waals surface area contributed by atoms with E-state index >= 15 is 0 Å². The molecule has 0 radical (unpaired) electrons. The summed E-state index contributed by atoms with van der Waals surface area (Å²) < 4.78 is 0. The maximum Gasteiger partial charge on any atom is 0.113 e. The van der Waals surface area contributed by atoms with Gasteiger partial charge in [-0.25, -0.2) is 4.98 Å². The van der Waals surface area contributed by atoms with Crippen molar-refractivity contribution in [2.45, 2.75) is 6.42 Å². The van der Waals surface area contributed by atoms with Crippen molar-refractivity contribution >= 4 is 0 Å². The molecule has 0 atom stereocenters. The molecule has 17 heavy (non-hydrogen) atoms. The van der Waals surface area contributed by atoms with E-state index in [-0.39, 0.29) is 0 Å². The summed E-state index contributed by atoms with van der Waals surface area (Å²) in [6.07, 6.45) is 4.48. The molecule has 1 heterocycles. The van der Waals surface area contributed by atoms with E-state index in [4.69, 9.17) is 0 Å². The molecule has 1 heteroatoms. The third-order valence-corrected chi connectivity index (χ3v) is 2.37. The number of hydrogen-bond donors (Lipinski definition) is 0. The first-order chi connectivity index (χ1) is 8.40. The van der Waals surface area contributed by atoms with Gasteiger partial charge in [0.1, 0.15) is 5.69 Å². The van der Waals surface area contributed by atoms with Gasteiger partial charge in [0, 0.05) is 11.8 Å². The number of nitrogens with zero attached hydrogens (tertiary/aromatic N) is 1. The molecule has 2 aromatic rings. The van der Waals surface area contributed by atoms with Crippen molar-refractivity contribution in [3.8, 4) is 11.8 Å². The highest BCUT2D eigenvalue weighted by molar-refractivity contribution is 5.45. The van der Waals surface area contributed by atoms with Crippen LogP contribution in [-0.2, 0) is 6.42 Å². The molecule has 0 saturated carbocycles. The van der Waals surface area contributed by atoms with Crippen LogP contribution in [0.25, 0.3) is 0 Å². The van der Waals surface area contributed by atoms with Gasteiger partial charge in [0.2, 0.25) is 0 Å². The third kappa shape index (κ3) is 3.06. The van der Waals surface area contributed by atoms with Crippen LogP contribution in [0.3, 0.4) is 0 Å². The second-order valence-corrected chi connectivity index (χ2v) is 3.61. The van der Waals surface area contributed by atoms with Gasteiger partial charge < -0.3 is 0 Å². The molecule has 2 rings (SSSR count). The lowest BCUT2D eigenvalue weighted by Crippen LogP contribution is -1.87. The van der Waals surface area contributed by atoms with Gasteiger partial charge in [-0.3, -0.25) is 0 Å². The van der Waals surface area contributed by atoms with Gasteiger partial charge in [-0.05, 0) is 36.1 Å². The Hall–Kier alpha value is -2.33. The summed E-state index contributed by atoms with van der Waals surface area (Å²) in [5.41, 5.74) is 3.03. The Bertz CT molecular complexity index is 559. The molecule has 0 amide bonds. The second-order valence-electron chi connectivity index (χ2n) is 3.61. The average molecular weight is 219 g/mol. The highest BCUT2D eigenvalue weighted by Gasteiger charge is 1.95. The van der Waals surface area contributed by atoms with Crippen LogP contribution in [0, 0.1) is 11.8 Å². The molecular formula is C16H13N. The fourth-order valence-corrected chi connectivity index (χ4v) is 1.54. The van der Waals surface area contributed by atoms with E-state index in [0.29, 0.717) is 0 Å². The number of hydrogen-bond acceptors (Lipinski definition) is 1. The standard InChI is InChI=1S/C16H13N/c1-2-7-14-8-3-4-9-15(14)11-12-16-10-5-6-13-17-16/h2-6,8-10,13H,1,7H2. The minimum atomic E-state index is 0.793. The van der Waals surface area contributed by atoms with Gasteiger partial charge in [-0.1, -0.05) is 36.3 Å². The van der Waals surface area contributed by atoms with Crippen LogP contribution in [-0.4, -0.2) is 4.98 Å². The quantitative estimate of drug-likeness (QED) is 0.558. The minimum absolute atomic E-state index is 0.793. The molecule has 0 N–H and O–H groups in total. The van der Waals surface area contributed by atoms with Gasteiger partial charge in [0.25, 0.3) is 0 Å². The van der Waals surface area contributed by atoms with Crippen molar-refractivity contribution in [1.82, 2.24) is 4.98 Å². The van der Waals surface area contributed by atoms with E-state index in [9.17, 15) is 0 Å². The first-order valence-electron chi connectivity index (χ1n) is 5.52. The fraction of sp³-hybridized carbons (Fsp3) is 0.0625. The van der Waals surface area contributed by atoms with E-state index in [0.717, 1.165) is 17.7 Å². The van der Waals surface area contributed by atoms with E-state index < -0.39 is 0 Å². The van der Waals surface area contributed by atoms with Gasteiger partial charge >= 0.3 is 0 Å². The molecule has 0 fully saturated rings. The molecule has 82 valence electrons. The van der Waals surface area contributed by atoms with Crippen molar-refractivity contribution in [3.05, 3.63) is 78.1 Å². The Balaban J connectivity index is 2.30. The van der Waals surface area contributed by atoms with E-state index in [1.54, 1.807) is 6.20 Å². The first kappa shape index (κ1) is 11.2. The van der Waals surface area contributed by atoms with Crippen LogP contribution in [0.2, 0.25) is 0 Å². The lowest BCUT2D eigenvalue weighted by molar-refractivity contribution is 1.26. The molecule has 1 aromatic heterocycles. The zero-order valence-corrected chi connectivity index (χ0v) is 9.56. The monoisotopic (exact) mass is 219 g/mol. The van der Waals surface area contributed by atoms with Gasteiger partial charge in [0.05, 0.1) is 0 Å². The zero-order valence-electron chi connectivity index (χ0n) is 9.56. The molecule has 0 aliphatic carbocycles. The van der Waals surface area contributed by atoms with E-state index in [1.165, 1.54) is 5.56 Å². The molecular weight excluding hydrogens is 206 g/mol. The summed E-state index contributed by atoms with van der Waals surface area (Å²) in [4.78, 5) is 4.18. The number of allylic oxidation sites excluding steroid dienone is 1. The molecule has 0 saturated heterocycles. The summed E-state index contributed by atoms with van der Waals surface area (Å²) in [7, 11) is 0. The van der Waals surface area contributed by atoms with Gasteiger partial charge in [-0.15, -0.1) is 6.58 Å². The summed E-state index contributed by atoms with van der Waals surface area (Å²) in [5, 5.41) is 0. The van der Waals surface area contributed by atoms with Crippen LogP contribution >= 0.6 is 0 Å². The molecule has 0 aliphatic heterocycles. The summed E-state index contributed by atoms with van der Waals surface area (Å²) in [6.45, 7) is 3.75. The number of aromatic nitrogens is 1. The van der Waals surface area contributed by atoms with Crippen molar-refractivity contribution < 1.29 is 0 Å². The van der Waals surface area contributed by atoms with Crippen molar-refractivity contribution in [3.63, 3.8) is 0 Å². The number of benzene rings is 1. The number of rotatable bonds is 2. The maximum atomic E-state index is 4.18. The Morgan fingerprint density at radius 2 is 1.88 bits per heavy atom. The minimum Gasteiger partial charge on any atom is -0.248 e. The molecule has 0 unspecified atom stereocenters. The smallest absolute Gasteiger partial charge is 0.113 e. The lowest BCUT2D eigenvalue weighted by Gasteiger charge is -1.99. The van der Waals surface area contributed by atoms with Crippen LogP contribution < -0.4 is 0 Å². The molecule has 1 aromatic carbocycles. The van der Waals surface area contributed by atoms with Gasteiger partial charge in [-0.2, -0.15) is 0 Å². The Kier molecular flexibility index (Phi) is 3.72. The van der Waals surface area contributed by atoms with Crippen molar-refractivity contribution in [1.29, 1.82) is 0 Å². The molecule has 0 bridgehead atoms. The van der Waals surface area contributed by atoms with Gasteiger partial charge in [0.15, 0.2) is 0 Å². The highest BCUT2D eigenvalue weighted by atomic mass is 14.6. The Morgan fingerprint density at radius 1 is 1.06 bits per heavy atom. The Morgan fingerprint density at radius 3 is 2.65 bits per heavy atom. The molecule has 0 spiro atoms. The summed E-state index contributed by atoms with van der Waals surface area (Å²) in [6, 6.07) is 13.8. The van der Waals surface area contributed by atoms with Crippen LogP contribution in [0.1, 0.15) is 16.8 Å². The SMILES string of the molecule is C=CCc1ccccc1C#Cc1ccccn1. The van der Waals surface area contributed by atoms with E-state index in [1.807, 2.05) is 42.5 Å². The predicted octanol–water partition coefficient (Wildman–Crippen LogP) is 3.21. The third-order valence-electron chi connectivity index (χ3n) is 2.37. The molecule has 1 nitrogen and oxygen atoms in total. The largest absolute Gasteiger partial charge is 0.248 e. The van der Waals surface area contributed by atoms with Crippen molar-refractivity contribution in [2.75, 3.05) is 0 Å². The van der Waals surface area contributed by atoms with Crippen LogP contribution in [0.4, 0.5) is 0 Å². The predicted molar refractivity (Wildman–Crippen MR) is 70.6 cm³/mol. The summed E-state index contributed by atoms with van der Waals surface area (Å²) in [5.74, 6) is 6.22. The average Bonchev–Trinajstić information content (AvgIpc) is 2.39. The second kappa shape index (κ2) is 5.67. The van der Waals surface area contributed by atoms with Crippen LogP contribution in [0.5, 0.6) is 0 Å². The van der Waals surface area contributed by atoms with E-state index in [2.05, 4.69) is 29.5 Å². The zero-order chi connectivity index (χ0) is 11.9. The Labute approximate surface area is 102 Å². The van der Waals surface area contributed by atoms with Crippen molar-refractivity contribution in [2.24, 2.45) is 0 Å². The topological polar surface area (TPSA) is 12.9 Å². The number of pyridine rings is 1. The normalized spacial score (nSPS) is 9.18.